The van der Waals surface area contributed by atoms with E-state index in [4.69, 9.17) is 0 Å². The quantitative estimate of drug-likeness (QED) is 0.562. The molecule has 0 spiro atoms. The molecule has 0 aliphatic carbocycles. The molecule has 29 heavy (non-hydrogen) atoms. The average Bonchev–Trinajstić information content (AvgIpc) is 2.74. The Morgan fingerprint density at radius 2 is 1.34 bits per heavy atom. The van der Waals surface area contributed by atoms with Gasteiger partial charge in [0.1, 0.15) is 5.70 Å². The van der Waals surface area contributed by atoms with E-state index >= 15 is 0 Å². The summed E-state index contributed by atoms with van der Waals surface area (Å²) in [5, 5.41) is 14.5. The molecule has 0 atom stereocenters. The van der Waals surface area contributed by atoms with Crippen LogP contribution in [0.1, 0.15) is 26.3 Å². The minimum absolute atomic E-state index is 0.00903. The smallest absolute Gasteiger partial charge is 0.337 e. The van der Waals surface area contributed by atoms with Gasteiger partial charge >= 0.3 is 5.97 Å². The number of carboxylic acid groups (broad SMARTS) is 1. The normalized spacial score (nSPS) is 10.8. The third-order valence-corrected chi connectivity index (χ3v) is 4.05. The van der Waals surface area contributed by atoms with Gasteiger partial charge in [-0.25, -0.2) is 4.79 Å². The fourth-order valence-electron chi connectivity index (χ4n) is 2.63. The number of benzene rings is 3. The second-order valence-corrected chi connectivity index (χ2v) is 6.09. The molecule has 0 aromatic heterocycles. The van der Waals surface area contributed by atoms with Gasteiger partial charge in [0.05, 0.1) is 11.3 Å². The number of hydrogen-bond donors (Lipinski definition) is 3. The molecule has 3 aromatic rings. The minimum atomic E-state index is -1.16. The Labute approximate surface area is 167 Å². The molecule has 0 unspecified atom stereocenters. The number of para-hydroxylation sites is 1. The Hall–Kier alpha value is -4.19. The van der Waals surface area contributed by atoms with Gasteiger partial charge in [-0.05, 0) is 35.9 Å². The highest BCUT2D eigenvalue weighted by Gasteiger charge is 2.17. The van der Waals surface area contributed by atoms with Crippen molar-refractivity contribution in [1.29, 1.82) is 0 Å². The van der Waals surface area contributed by atoms with Crippen LogP contribution in [0.4, 0.5) is 5.69 Å². The van der Waals surface area contributed by atoms with Crippen LogP contribution < -0.4 is 10.6 Å². The SMILES string of the molecule is O=C(Nc1ccccc1C(=O)O)/C(=C/c1ccccc1)NC(=O)c1ccccc1. The molecule has 6 heteroatoms. The van der Waals surface area contributed by atoms with E-state index in [1.807, 2.05) is 6.07 Å². The predicted octanol–water partition coefficient (Wildman–Crippen LogP) is 3.79. The molecule has 144 valence electrons. The van der Waals surface area contributed by atoms with E-state index in [-0.39, 0.29) is 16.9 Å². The van der Waals surface area contributed by atoms with Crippen LogP contribution in [0.25, 0.3) is 6.08 Å². The average molecular weight is 386 g/mol. The van der Waals surface area contributed by atoms with Gasteiger partial charge in [0.15, 0.2) is 0 Å². The summed E-state index contributed by atoms with van der Waals surface area (Å²) in [5.74, 6) is -2.25. The number of carboxylic acids is 1. The maximum Gasteiger partial charge on any atom is 0.337 e. The first-order valence-corrected chi connectivity index (χ1v) is 8.81. The lowest BCUT2D eigenvalue weighted by Gasteiger charge is -2.12. The summed E-state index contributed by atoms with van der Waals surface area (Å²) >= 11 is 0. The standard InChI is InChI=1S/C23H18N2O4/c26-21(17-11-5-2-6-12-17)25-20(15-16-9-3-1-4-10-16)22(27)24-19-14-8-7-13-18(19)23(28)29/h1-15H,(H,24,27)(H,25,26)(H,28,29)/b20-15-. The fraction of sp³-hybridized carbons (Fsp3) is 0. The third-order valence-electron chi connectivity index (χ3n) is 4.05. The van der Waals surface area contributed by atoms with Gasteiger partial charge in [0.2, 0.25) is 0 Å². The van der Waals surface area contributed by atoms with Gasteiger partial charge in [-0.15, -0.1) is 0 Å². The molecule has 6 nitrogen and oxygen atoms in total. The zero-order valence-corrected chi connectivity index (χ0v) is 15.3. The topological polar surface area (TPSA) is 95.5 Å². The molecule has 0 bridgehead atoms. The number of hydrogen-bond acceptors (Lipinski definition) is 3. The van der Waals surface area contributed by atoms with Crippen molar-refractivity contribution in [2.45, 2.75) is 0 Å². The maximum atomic E-state index is 12.9. The molecule has 0 radical (unpaired) electrons. The van der Waals surface area contributed by atoms with Crippen LogP contribution in [-0.2, 0) is 4.79 Å². The van der Waals surface area contributed by atoms with Gasteiger partial charge < -0.3 is 15.7 Å². The van der Waals surface area contributed by atoms with Gasteiger partial charge in [0, 0.05) is 5.56 Å². The van der Waals surface area contributed by atoms with Crippen molar-refractivity contribution >= 4 is 29.5 Å². The first kappa shape index (κ1) is 19.6. The van der Waals surface area contributed by atoms with Crippen LogP contribution in [0.3, 0.4) is 0 Å². The van der Waals surface area contributed by atoms with Crippen molar-refractivity contribution in [3.8, 4) is 0 Å². The third kappa shape index (κ3) is 5.17. The van der Waals surface area contributed by atoms with Crippen LogP contribution in [0.15, 0.2) is 90.6 Å². The molecule has 0 saturated heterocycles. The minimum Gasteiger partial charge on any atom is -0.478 e. The Kier molecular flexibility index (Phi) is 6.17. The monoisotopic (exact) mass is 386 g/mol. The zero-order chi connectivity index (χ0) is 20.6. The predicted molar refractivity (Wildman–Crippen MR) is 110 cm³/mol. The van der Waals surface area contributed by atoms with E-state index in [1.54, 1.807) is 66.7 Å². The molecule has 3 rings (SSSR count). The Balaban J connectivity index is 1.91. The molecule has 3 N–H and O–H groups in total. The van der Waals surface area contributed by atoms with Crippen molar-refractivity contribution < 1.29 is 19.5 Å². The molecule has 0 aliphatic heterocycles. The number of rotatable bonds is 6. The number of anilines is 1. The molecular formula is C23H18N2O4. The van der Waals surface area contributed by atoms with Crippen LogP contribution >= 0.6 is 0 Å². The first-order valence-electron chi connectivity index (χ1n) is 8.81. The largest absolute Gasteiger partial charge is 0.478 e. The summed E-state index contributed by atoms with van der Waals surface area (Å²) in [6, 6.07) is 23.6. The number of aromatic carboxylic acids is 1. The highest BCUT2D eigenvalue weighted by molar-refractivity contribution is 6.12. The van der Waals surface area contributed by atoms with E-state index in [0.717, 1.165) is 0 Å². The lowest BCUT2D eigenvalue weighted by atomic mass is 10.1. The second kappa shape index (κ2) is 9.14. The lowest BCUT2D eigenvalue weighted by molar-refractivity contribution is -0.113. The Bertz CT molecular complexity index is 1060. The highest BCUT2D eigenvalue weighted by atomic mass is 16.4. The van der Waals surface area contributed by atoms with E-state index in [0.29, 0.717) is 11.1 Å². The molecule has 0 saturated carbocycles. The van der Waals surface area contributed by atoms with Crippen molar-refractivity contribution in [2.75, 3.05) is 5.32 Å². The van der Waals surface area contributed by atoms with Crippen LogP contribution in [0.2, 0.25) is 0 Å². The van der Waals surface area contributed by atoms with Crippen LogP contribution in [0, 0.1) is 0 Å². The van der Waals surface area contributed by atoms with Gasteiger partial charge in [-0.2, -0.15) is 0 Å². The summed E-state index contributed by atoms with van der Waals surface area (Å²) in [5.41, 5.74) is 1.18. The van der Waals surface area contributed by atoms with E-state index in [2.05, 4.69) is 10.6 Å². The molecule has 0 fully saturated rings. The highest BCUT2D eigenvalue weighted by Crippen LogP contribution is 2.16. The maximum absolute atomic E-state index is 12.9. The molecule has 0 heterocycles. The summed E-state index contributed by atoms with van der Waals surface area (Å²) in [6.45, 7) is 0. The Morgan fingerprint density at radius 1 is 0.759 bits per heavy atom. The van der Waals surface area contributed by atoms with Gasteiger partial charge in [-0.1, -0.05) is 60.7 Å². The Morgan fingerprint density at radius 3 is 2.00 bits per heavy atom. The van der Waals surface area contributed by atoms with Gasteiger partial charge in [-0.3, -0.25) is 9.59 Å². The van der Waals surface area contributed by atoms with Crippen LogP contribution in [-0.4, -0.2) is 22.9 Å². The first-order chi connectivity index (χ1) is 14.0. The van der Waals surface area contributed by atoms with Crippen molar-refractivity contribution in [3.05, 3.63) is 107 Å². The fourth-order valence-corrected chi connectivity index (χ4v) is 2.63. The second-order valence-electron chi connectivity index (χ2n) is 6.09. The summed E-state index contributed by atoms with van der Waals surface area (Å²) in [6.07, 6.45) is 1.53. The zero-order valence-electron chi connectivity index (χ0n) is 15.3. The summed E-state index contributed by atoms with van der Waals surface area (Å²) < 4.78 is 0. The van der Waals surface area contributed by atoms with E-state index < -0.39 is 17.8 Å². The number of carbonyl (C=O) groups is 3. The van der Waals surface area contributed by atoms with E-state index in [1.165, 1.54) is 18.2 Å². The van der Waals surface area contributed by atoms with E-state index in [9.17, 15) is 19.5 Å². The van der Waals surface area contributed by atoms with Crippen molar-refractivity contribution in [2.24, 2.45) is 0 Å². The van der Waals surface area contributed by atoms with Crippen LogP contribution in [0.5, 0.6) is 0 Å². The summed E-state index contributed by atoms with van der Waals surface area (Å²) in [7, 11) is 0. The number of carbonyl (C=O) groups excluding carboxylic acids is 2. The molecule has 2 amide bonds. The van der Waals surface area contributed by atoms with Gasteiger partial charge in [0.25, 0.3) is 11.8 Å². The van der Waals surface area contributed by atoms with Crippen molar-refractivity contribution in [3.63, 3.8) is 0 Å². The van der Waals surface area contributed by atoms with Crippen molar-refractivity contribution in [1.82, 2.24) is 5.32 Å². The summed E-state index contributed by atoms with van der Waals surface area (Å²) in [4.78, 5) is 36.8. The molecular weight excluding hydrogens is 368 g/mol. The molecule has 0 aliphatic rings. The number of amides is 2. The lowest BCUT2D eigenvalue weighted by Crippen LogP contribution is -2.31. The number of nitrogens with one attached hydrogen (secondary N) is 2. The molecule has 3 aromatic carbocycles.